The van der Waals surface area contributed by atoms with Crippen LogP contribution in [0.4, 0.5) is 5.00 Å². The smallest absolute Gasteiger partial charge is 0.265 e. The lowest BCUT2D eigenvalue weighted by atomic mass is 9.95. The number of hydrogen-bond acceptors (Lipinski definition) is 5. The van der Waals surface area contributed by atoms with E-state index in [0.717, 1.165) is 36.1 Å². The van der Waals surface area contributed by atoms with Crippen molar-refractivity contribution in [3.63, 3.8) is 0 Å². The molecule has 0 spiro atoms. The number of rotatable bonds is 6. The summed E-state index contributed by atoms with van der Waals surface area (Å²) in [5, 5.41) is 3.35. The van der Waals surface area contributed by atoms with Crippen LogP contribution in [0, 0.1) is 0 Å². The van der Waals surface area contributed by atoms with Gasteiger partial charge in [-0.25, -0.2) is 0 Å². The second-order valence-corrected chi connectivity index (χ2v) is 7.31. The molecule has 7 heteroatoms. The molecule has 3 N–H and O–H groups in total. The van der Waals surface area contributed by atoms with Crippen molar-refractivity contribution in [1.29, 1.82) is 0 Å². The Morgan fingerprint density at radius 3 is 2.46 bits per heavy atom. The van der Waals surface area contributed by atoms with Crippen LogP contribution < -0.4 is 20.5 Å². The van der Waals surface area contributed by atoms with E-state index in [4.69, 9.17) is 15.2 Å². The molecule has 1 unspecified atom stereocenters. The minimum atomic E-state index is -0.719. The molecule has 0 radical (unpaired) electrons. The lowest BCUT2D eigenvalue weighted by Crippen LogP contribution is -2.30. The third-order valence-electron chi connectivity index (χ3n) is 4.40. The molecular formula is C19H22N2O4S. The summed E-state index contributed by atoms with van der Waals surface area (Å²) >= 11 is 1.44. The van der Waals surface area contributed by atoms with Crippen LogP contribution in [-0.2, 0) is 17.6 Å². The van der Waals surface area contributed by atoms with E-state index < -0.39 is 12.0 Å². The molecule has 0 bridgehead atoms. The second-order valence-electron chi connectivity index (χ2n) is 6.20. The van der Waals surface area contributed by atoms with Crippen LogP contribution in [0.25, 0.3) is 0 Å². The van der Waals surface area contributed by atoms with Gasteiger partial charge in [-0.15, -0.1) is 11.3 Å². The number of thiophene rings is 1. The Labute approximate surface area is 156 Å². The summed E-state index contributed by atoms with van der Waals surface area (Å²) in [7, 11) is 1.59. The van der Waals surface area contributed by atoms with Crippen LogP contribution >= 0.6 is 11.3 Å². The lowest BCUT2D eigenvalue weighted by molar-refractivity contribution is -0.122. The van der Waals surface area contributed by atoms with Crippen molar-refractivity contribution in [2.24, 2.45) is 5.73 Å². The highest BCUT2D eigenvalue weighted by Gasteiger charge is 2.26. The zero-order chi connectivity index (χ0) is 18.7. The van der Waals surface area contributed by atoms with E-state index in [1.807, 2.05) is 0 Å². The van der Waals surface area contributed by atoms with E-state index in [9.17, 15) is 9.59 Å². The van der Waals surface area contributed by atoms with Gasteiger partial charge in [-0.1, -0.05) is 0 Å². The quantitative estimate of drug-likeness (QED) is 0.813. The van der Waals surface area contributed by atoms with Crippen molar-refractivity contribution in [3.8, 4) is 11.5 Å². The normalized spacial score (nSPS) is 14.2. The molecule has 2 aromatic rings. The maximum absolute atomic E-state index is 12.5. The van der Waals surface area contributed by atoms with Crippen molar-refractivity contribution < 1.29 is 19.1 Å². The molecule has 138 valence electrons. The van der Waals surface area contributed by atoms with Gasteiger partial charge >= 0.3 is 0 Å². The van der Waals surface area contributed by atoms with Crippen LogP contribution in [0.2, 0.25) is 0 Å². The molecule has 1 atom stereocenters. The van der Waals surface area contributed by atoms with Crippen molar-refractivity contribution in [1.82, 2.24) is 0 Å². The third-order valence-corrected chi connectivity index (χ3v) is 5.60. The van der Waals surface area contributed by atoms with Crippen LogP contribution in [-0.4, -0.2) is 25.0 Å². The van der Waals surface area contributed by atoms with E-state index in [1.54, 1.807) is 38.3 Å². The van der Waals surface area contributed by atoms with Crippen LogP contribution in [0.3, 0.4) is 0 Å². The van der Waals surface area contributed by atoms with Crippen molar-refractivity contribution >= 4 is 28.2 Å². The Balaban J connectivity index is 1.72. The maximum Gasteiger partial charge on any atom is 0.265 e. The molecule has 0 fully saturated rings. The van der Waals surface area contributed by atoms with Gasteiger partial charge in [0.1, 0.15) is 16.5 Å². The number of aryl methyl sites for hydroxylation is 1. The summed E-state index contributed by atoms with van der Waals surface area (Å²) in [4.78, 5) is 25.6. The molecular weight excluding hydrogens is 352 g/mol. The number of fused-ring (bicyclic) bond motifs is 1. The van der Waals surface area contributed by atoms with Crippen LogP contribution in [0.15, 0.2) is 24.3 Å². The Kier molecular flexibility index (Phi) is 5.46. The molecule has 1 aromatic heterocycles. The number of hydrogen-bond donors (Lipinski definition) is 2. The molecule has 1 aromatic carbocycles. The highest BCUT2D eigenvalue weighted by Crippen LogP contribution is 2.38. The number of primary amides is 1. The molecule has 26 heavy (non-hydrogen) atoms. The fraction of sp³-hybridized carbons (Fsp3) is 0.368. The minimum Gasteiger partial charge on any atom is -0.497 e. The Bertz CT molecular complexity index is 814. The van der Waals surface area contributed by atoms with Gasteiger partial charge in [-0.3, -0.25) is 9.59 Å². The number of nitrogens with one attached hydrogen (secondary N) is 1. The number of methoxy groups -OCH3 is 1. The predicted octanol–water partition coefficient (Wildman–Crippen LogP) is 3.14. The Hall–Kier alpha value is -2.54. The minimum absolute atomic E-state index is 0.318. The van der Waals surface area contributed by atoms with Gasteiger partial charge in [0.15, 0.2) is 6.10 Å². The van der Waals surface area contributed by atoms with E-state index in [1.165, 1.54) is 11.3 Å². The van der Waals surface area contributed by atoms with E-state index in [2.05, 4.69) is 5.32 Å². The van der Waals surface area contributed by atoms with Crippen LogP contribution in [0.5, 0.6) is 11.5 Å². The van der Waals surface area contributed by atoms with Gasteiger partial charge in [0.25, 0.3) is 11.8 Å². The topological polar surface area (TPSA) is 90.7 Å². The lowest BCUT2D eigenvalue weighted by Gasteiger charge is -2.15. The van der Waals surface area contributed by atoms with Crippen molar-refractivity contribution in [3.05, 3.63) is 40.3 Å². The first-order valence-electron chi connectivity index (χ1n) is 8.55. The monoisotopic (exact) mass is 374 g/mol. The van der Waals surface area contributed by atoms with Crippen molar-refractivity contribution in [2.75, 3.05) is 12.4 Å². The first kappa shape index (κ1) is 18.3. The summed E-state index contributed by atoms with van der Waals surface area (Å²) in [6.45, 7) is 1.66. The summed E-state index contributed by atoms with van der Waals surface area (Å²) in [5.74, 6) is 0.462. The third kappa shape index (κ3) is 3.83. The summed E-state index contributed by atoms with van der Waals surface area (Å²) < 4.78 is 10.8. The molecule has 2 amide bonds. The first-order valence-corrected chi connectivity index (χ1v) is 9.37. The van der Waals surface area contributed by atoms with Crippen LogP contribution in [0.1, 0.15) is 40.6 Å². The fourth-order valence-electron chi connectivity index (χ4n) is 3.04. The number of benzene rings is 1. The largest absolute Gasteiger partial charge is 0.497 e. The number of carbonyl (C=O) groups excluding carboxylic acids is 2. The van der Waals surface area contributed by atoms with Gasteiger partial charge in [0.2, 0.25) is 0 Å². The highest BCUT2D eigenvalue weighted by atomic mass is 32.1. The number of anilines is 1. The Morgan fingerprint density at radius 1 is 1.15 bits per heavy atom. The van der Waals surface area contributed by atoms with Gasteiger partial charge in [-0.05, 0) is 62.4 Å². The molecule has 0 aliphatic heterocycles. The number of amides is 2. The number of nitrogens with two attached hydrogens (primary N) is 1. The fourth-order valence-corrected chi connectivity index (χ4v) is 4.34. The van der Waals surface area contributed by atoms with E-state index >= 15 is 0 Å². The zero-order valence-electron chi connectivity index (χ0n) is 14.8. The molecule has 0 saturated carbocycles. The van der Waals surface area contributed by atoms with Gasteiger partial charge < -0.3 is 20.5 Å². The van der Waals surface area contributed by atoms with Gasteiger partial charge in [0, 0.05) is 4.88 Å². The average molecular weight is 374 g/mol. The SMILES string of the molecule is COc1ccc(OC(C)C(=O)Nc2sc3c(c2C(N)=O)CCCC3)cc1. The second kappa shape index (κ2) is 7.78. The Morgan fingerprint density at radius 2 is 1.81 bits per heavy atom. The van der Waals surface area contributed by atoms with E-state index in [0.29, 0.717) is 22.1 Å². The summed E-state index contributed by atoms with van der Waals surface area (Å²) in [6.07, 6.45) is 3.17. The molecule has 6 nitrogen and oxygen atoms in total. The number of ether oxygens (including phenoxy) is 2. The zero-order valence-corrected chi connectivity index (χ0v) is 15.7. The van der Waals surface area contributed by atoms with Crippen molar-refractivity contribution in [2.45, 2.75) is 38.7 Å². The molecule has 1 aliphatic carbocycles. The van der Waals surface area contributed by atoms with E-state index in [-0.39, 0.29) is 5.91 Å². The summed E-state index contributed by atoms with van der Waals surface area (Å²) in [6, 6.07) is 7.00. The average Bonchev–Trinajstić information content (AvgIpc) is 3.00. The van der Waals surface area contributed by atoms with Gasteiger partial charge in [-0.2, -0.15) is 0 Å². The molecule has 3 rings (SSSR count). The molecule has 1 aliphatic rings. The van der Waals surface area contributed by atoms with Gasteiger partial charge in [0.05, 0.1) is 12.7 Å². The highest BCUT2D eigenvalue weighted by molar-refractivity contribution is 7.17. The molecule has 1 heterocycles. The standard InChI is InChI=1S/C19H22N2O4S/c1-11(25-13-9-7-12(24-2)8-10-13)18(23)21-19-16(17(20)22)14-5-3-4-6-15(14)26-19/h7-11H,3-6H2,1-2H3,(H2,20,22)(H,21,23). The maximum atomic E-state index is 12.5. The first-order chi connectivity index (χ1) is 12.5. The molecule has 0 saturated heterocycles. The summed E-state index contributed by atoms with van der Waals surface area (Å²) in [5.41, 5.74) is 7.01. The predicted molar refractivity (Wildman–Crippen MR) is 101 cm³/mol. The number of carbonyl (C=O) groups is 2.